The van der Waals surface area contributed by atoms with Crippen LogP contribution in [0.4, 0.5) is 5.69 Å². The third kappa shape index (κ3) is 3.45. The van der Waals surface area contributed by atoms with Crippen LogP contribution in [0.1, 0.15) is 19.8 Å². The first-order valence-electron chi connectivity index (χ1n) is 9.20. The van der Waals surface area contributed by atoms with Crippen LogP contribution in [-0.4, -0.2) is 5.75 Å². The predicted octanol–water partition coefficient (Wildman–Crippen LogP) is 6.16. The molecule has 2 aromatic rings. The standard InChI is InChI=1S/C23H22N2OS/c1-2-3-12-27-22-7-5-4-6-19(22)23-17-10-8-15(24)13-20(17)26-21-14-16(25)9-11-18(21)23/h4-11,13-14,24H,2-3,12,25H2,1H3. The molecule has 1 aliphatic carbocycles. The Morgan fingerprint density at radius 3 is 2.70 bits per heavy atom. The molecule has 2 aromatic carbocycles. The molecule has 136 valence electrons. The number of unbranched alkanes of at least 4 members (excludes halogenated alkanes) is 1. The van der Waals surface area contributed by atoms with Gasteiger partial charge in [-0.25, -0.2) is 0 Å². The summed E-state index contributed by atoms with van der Waals surface area (Å²) in [6.07, 6.45) is 2.39. The van der Waals surface area contributed by atoms with Gasteiger partial charge in [-0.05, 0) is 48.1 Å². The molecule has 3 nitrogen and oxygen atoms in total. The van der Waals surface area contributed by atoms with Crippen LogP contribution in [0.2, 0.25) is 0 Å². The average molecular weight is 375 g/mol. The zero-order valence-electron chi connectivity index (χ0n) is 15.3. The van der Waals surface area contributed by atoms with Crippen molar-refractivity contribution in [3.05, 3.63) is 66.0 Å². The first-order valence-corrected chi connectivity index (χ1v) is 10.2. The molecule has 0 saturated carbocycles. The lowest BCUT2D eigenvalue weighted by atomic mass is 9.93. The number of anilines is 1. The Morgan fingerprint density at radius 1 is 1.00 bits per heavy atom. The highest BCUT2D eigenvalue weighted by molar-refractivity contribution is 7.99. The van der Waals surface area contributed by atoms with Gasteiger partial charge in [-0.3, -0.25) is 0 Å². The Morgan fingerprint density at radius 2 is 1.85 bits per heavy atom. The molecule has 27 heavy (non-hydrogen) atoms. The first-order chi connectivity index (χ1) is 13.2. The van der Waals surface area contributed by atoms with Crippen LogP contribution in [0.5, 0.6) is 0 Å². The molecule has 0 unspecified atom stereocenters. The SMILES string of the molecule is CCCCSc1ccccc1-c1c2ccc(=N)cc-2oc2cc(N)ccc12. The third-order valence-electron chi connectivity index (χ3n) is 4.66. The fourth-order valence-corrected chi connectivity index (χ4v) is 4.48. The molecule has 0 bridgehead atoms. The van der Waals surface area contributed by atoms with Crippen molar-refractivity contribution in [2.24, 2.45) is 0 Å². The number of nitrogens with one attached hydrogen (secondary N) is 1. The Kier molecular flexibility index (Phi) is 4.90. The van der Waals surface area contributed by atoms with Gasteiger partial charge in [0.05, 0.1) is 5.36 Å². The van der Waals surface area contributed by atoms with Crippen molar-refractivity contribution >= 4 is 28.4 Å². The van der Waals surface area contributed by atoms with E-state index in [0.717, 1.165) is 27.8 Å². The molecule has 2 aliphatic rings. The molecule has 1 aliphatic heterocycles. The van der Waals surface area contributed by atoms with Gasteiger partial charge in [-0.15, -0.1) is 11.8 Å². The predicted molar refractivity (Wildman–Crippen MR) is 114 cm³/mol. The van der Waals surface area contributed by atoms with Gasteiger partial charge in [-0.2, -0.15) is 0 Å². The summed E-state index contributed by atoms with van der Waals surface area (Å²) in [5.74, 6) is 1.81. The number of nitrogens with two attached hydrogens (primary N) is 1. The minimum atomic E-state index is 0.436. The maximum Gasteiger partial charge on any atom is 0.137 e. The van der Waals surface area contributed by atoms with Crippen LogP contribution in [0.25, 0.3) is 33.4 Å². The van der Waals surface area contributed by atoms with E-state index in [1.165, 1.54) is 23.3 Å². The largest absolute Gasteiger partial charge is 0.456 e. The molecule has 1 heterocycles. The van der Waals surface area contributed by atoms with Crippen molar-refractivity contribution in [3.8, 4) is 22.5 Å². The fraction of sp³-hybridized carbons (Fsp3) is 0.174. The second-order valence-electron chi connectivity index (χ2n) is 6.64. The normalized spacial score (nSPS) is 11.3. The molecule has 0 saturated heterocycles. The summed E-state index contributed by atoms with van der Waals surface area (Å²) in [6.45, 7) is 2.22. The lowest BCUT2D eigenvalue weighted by molar-refractivity contribution is 0.619. The van der Waals surface area contributed by atoms with Crippen LogP contribution >= 0.6 is 11.8 Å². The number of hydrogen-bond donors (Lipinski definition) is 2. The number of rotatable bonds is 5. The monoisotopic (exact) mass is 374 g/mol. The molecular formula is C23H22N2OS. The van der Waals surface area contributed by atoms with E-state index in [1.54, 1.807) is 6.07 Å². The van der Waals surface area contributed by atoms with Crippen LogP contribution in [0.15, 0.2) is 70.0 Å². The Balaban J connectivity index is 2.02. The van der Waals surface area contributed by atoms with E-state index in [2.05, 4.69) is 31.2 Å². The van der Waals surface area contributed by atoms with Gasteiger partial charge >= 0.3 is 0 Å². The van der Waals surface area contributed by atoms with E-state index in [0.29, 0.717) is 16.8 Å². The highest BCUT2D eigenvalue weighted by atomic mass is 32.2. The van der Waals surface area contributed by atoms with Crippen molar-refractivity contribution in [1.82, 2.24) is 0 Å². The van der Waals surface area contributed by atoms with Gasteiger partial charge in [0.2, 0.25) is 0 Å². The zero-order valence-corrected chi connectivity index (χ0v) is 16.1. The molecule has 0 spiro atoms. The Bertz CT molecular complexity index is 1130. The molecule has 0 amide bonds. The van der Waals surface area contributed by atoms with Gasteiger partial charge in [0.1, 0.15) is 11.3 Å². The van der Waals surface area contributed by atoms with Crippen LogP contribution in [0.3, 0.4) is 0 Å². The number of hydrogen-bond acceptors (Lipinski definition) is 4. The maximum absolute atomic E-state index is 7.97. The minimum absolute atomic E-state index is 0.436. The van der Waals surface area contributed by atoms with Gasteiger partial charge in [0, 0.05) is 39.2 Å². The second-order valence-corrected chi connectivity index (χ2v) is 7.78. The Labute approximate surface area is 163 Å². The molecule has 0 aromatic heterocycles. The molecule has 4 heteroatoms. The summed E-state index contributed by atoms with van der Waals surface area (Å²) in [5, 5.41) is 9.44. The van der Waals surface area contributed by atoms with E-state index < -0.39 is 0 Å². The summed E-state index contributed by atoms with van der Waals surface area (Å²) in [5.41, 5.74) is 10.8. The minimum Gasteiger partial charge on any atom is -0.456 e. The topological polar surface area (TPSA) is 63.0 Å². The molecule has 0 radical (unpaired) electrons. The fourth-order valence-electron chi connectivity index (χ4n) is 3.32. The van der Waals surface area contributed by atoms with Crippen LogP contribution in [-0.2, 0) is 0 Å². The third-order valence-corrected chi connectivity index (χ3v) is 5.82. The van der Waals surface area contributed by atoms with E-state index in [4.69, 9.17) is 15.6 Å². The molecule has 3 N–H and O–H groups in total. The number of benzene rings is 3. The van der Waals surface area contributed by atoms with Crippen molar-refractivity contribution in [2.75, 3.05) is 11.5 Å². The zero-order chi connectivity index (χ0) is 18.8. The molecule has 4 rings (SSSR count). The van der Waals surface area contributed by atoms with E-state index >= 15 is 0 Å². The van der Waals surface area contributed by atoms with Crippen LogP contribution < -0.4 is 11.1 Å². The summed E-state index contributed by atoms with van der Waals surface area (Å²) in [7, 11) is 0. The van der Waals surface area contributed by atoms with Crippen molar-refractivity contribution in [2.45, 2.75) is 24.7 Å². The van der Waals surface area contributed by atoms with Gasteiger partial charge < -0.3 is 15.6 Å². The van der Waals surface area contributed by atoms with Crippen molar-refractivity contribution in [3.63, 3.8) is 0 Å². The van der Waals surface area contributed by atoms with Gasteiger partial charge in [0.25, 0.3) is 0 Å². The maximum atomic E-state index is 7.97. The second kappa shape index (κ2) is 7.49. The van der Waals surface area contributed by atoms with E-state index in [9.17, 15) is 0 Å². The summed E-state index contributed by atoms with van der Waals surface area (Å²) in [6, 6.07) is 19.9. The average Bonchev–Trinajstić information content (AvgIpc) is 2.66. The van der Waals surface area contributed by atoms with Crippen LogP contribution in [0, 0.1) is 5.41 Å². The Hall–Kier alpha value is -2.72. The number of fused-ring (bicyclic) bond motifs is 2. The summed E-state index contributed by atoms with van der Waals surface area (Å²) >= 11 is 1.90. The summed E-state index contributed by atoms with van der Waals surface area (Å²) in [4.78, 5) is 1.27. The highest BCUT2D eigenvalue weighted by Gasteiger charge is 2.19. The van der Waals surface area contributed by atoms with Gasteiger partial charge in [0.15, 0.2) is 0 Å². The highest BCUT2D eigenvalue weighted by Crippen LogP contribution is 2.43. The quantitative estimate of drug-likeness (QED) is 0.190. The van der Waals surface area contributed by atoms with E-state index in [1.807, 2.05) is 42.1 Å². The lowest BCUT2D eigenvalue weighted by Gasteiger charge is -2.18. The smallest absolute Gasteiger partial charge is 0.137 e. The molecule has 0 fully saturated rings. The first kappa shape index (κ1) is 17.7. The number of thioether (sulfide) groups is 1. The molecular weight excluding hydrogens is 352 g/mol. The number of nitrogen functional groups attached to an aromatic ring is 1. The van der Waals surface area contributed by atoms with E-state index in [-0.39, 0.29) is 0 Å². The van der Waals surface area contributed by atoms with Crippen molar-refractivity contribution < 1.29 is 4.42 Å². The summed E-state index contributed by atoms with van der Waals surface area (Å²) < 4.78 is 6.10. The van der Waals surface area contributed by atoms with Crippen molar-refractivity contribution in [1.29, 1.82) is 5.41 Å². The molecule has 0 atom stereocenters. The van der Waals surface area contributed by atoms with Gasteiger partial charge in [-0.1, -0.05) is 31.5 Å². The lowest BCUT2D eigenvalue weighted by Crippen LogP contribution is -2.00.